The summed E-state index contributed by atoms with van der Waals surface area (Å²) in [5, 5.41) is 3.83. The van der Waals surface area contributed by atoms with Crippen LogP contribution in [0.4, 0.5) is 5.69 Å². The van der Waals surface area contributed by atoms with E-state index in [9.17, 15) is 4.79 Å². The monoisotopic (exact) mass is 413 g/mol. The molecule has 1 amide bonds. The zero-order valence-corrected chi connectivity index (χ0v) is 17.0. The summed E-state index contributed by atoms with van der Waals surface area (Å²) in [6, 6.07) is 18.5. The average molecular weight is 414 g/mol. The molecular formula is C21H20ClN3O2S. The van der Waals surface area contributed by atoms with E-state index in [2.05, 4.69) is 30.0 Å². The van der Waals surface area contributed by atoms with Crippen molar-refractivity contribution in [2.75, 3.05) is 5.32 Å². The van der Waals surface area contributed by atoms with Crippen LogP contribution in [0.5, 0.6) is 0 Å². The number of carbonyl (C=O) groups is 1. The number of carbonyl (C=O) groups excluding carboxylic acids is 1. The maximum absolute atomic E-state index is 12.3. The SMILES string of the molecule is CC(C)c1ccc(NC(=S)NNC(=O)c2ccc(-c3ccccc3Cl)o2)cc1. The largest absolute Gasteiger partial charge is 0.451 e. The van der Waals surface area contributed by atoms with Gasteiger partial charge in [-0.2, -0.15) is 0 Å². The molecule has 1 heterocycles. The molecule has 0 spiro atoms. The minimum atomic E-state index is -0.447. The summed E-state index contributed by atoms with van der Waals surface area (Å²) in [6.45, 7) is 4.27. The van der Waals surface area contributed by atoms with Crippen LogP contribution in [0, 0.1) is 0 Å². The number of hydrogen-bond acceptors (Lipinski definition) is 3. The van der Waals surface area contributed by atoms with Crippen LogP contribution >= 0.6 is 23.8 Å². The fourth-order valence-corrected chi connectivity index (χ4v) is 2.95. The van der Waals surface area contributed by atoms with E-state index in [0.29, 0.717) is 16.7 Å². The van der Waals surface area contributed by atoms with Gasteiger partial charge in [-0.15, -0.1) is 0 Å². The lowest BCUT2D eigenvalue weighted by molar-refractivity contribution is 0.0917. The summed E-state index contributed by atoms with van der Waals surface area (Å²) in [6.07, 6.45) is 0. The van der Waals surface area contributed by atoms with Crippen LogP contribution < -0.4 is 16.2 Å². The van der Waals surface area contributed by atoms with E-state index in [0.717, 1.165) is 11.3 Å². The summed E-state index contributed by atoms with van der Waals surface area (Å²) in [5.74, 6) is 0.674. The summed E-state index contributed by atoms with van der Waals surface area (Å²) in [5.41, 5.74) is 7.96. The molecule has 0 unspecified atom stereocenters. The fourth-order valence-electron chi connectivity index (χ4n) is 2.55. The first-order valence-corrected chi connectivity index (χ1v) is 9.54. The Hall–Kier alpha value is -2.83. The maximum atomic E-state index is 12.3. The molecule has 3 rings (SSSR count). The number of amides is 1. The summed E-state index contributed by atoms with van der Waals surface area (Å²) >= 11 is 11.4. The molecule has 3 aromatic rings. The molecule has 0 saturated heterocycles. The molecule has 3 N–H and O–H groups in total. The second-order valence-electron chi connectivity index (χ2n) is 6.45. The van der Waals surface area contributed by atoms with Crippen LogP contribution in [-0.2, 0) is 0 Å². The molecule has 144 valence electrons. The standard InChI is InChI=1S/C21H20ClN3O2S/c1-13(2)14-7-9-15(10-8-14)23-21(28)25-24-20(26)19-12-11-18(27-19)16-5-3-4-6-17(16)22/h3-13H,1-2H3,(H,24,26)(H2,23,25,28). The highest BCUT2D eigenvalue weighted by molar-refractivity contribution is 7.80. The van der Waals surface area contributed by atoms with Crippen LogP contribution in [0.3, 0.4) is 0 Å². The second kappa shape index (κ2) is 8.91. The Kier molecular flexibility index (Phi) is 6.34. The number of benzene rings is 2. The highest BCUT2D eigenvalue weighted by atomic mass is 35.5. The predicted octanol–water partition coefficient (Wildman–Crippen LogP) is 5.35. The van der Waals surface area contributed by atoms with Crippen LogP contribution in [0.25, 0.3) is 11.3 Å². The zero-order chi connectivity index (χ0) is 20.1. The van der Waals surface area contributed by atoms with Crippen molar-refractivity contribution < 1.29 is 9.21 Å². The number of rotatable bonds is 4. The van der Waals surface area contributed by atoms with Crippen LogP contribution in [0.1, 0.15) is 35.9 Å². The molecule has 0 saturated carbocycles. The minimum absolute atomic E-state index is 0.145. The third-order valence-corrected chi connectivity index (χ3v) is 4.63. The highest BCUT2D eigenvalue weighted by Crippen LogP contribution is 2.28. The van der Waals surface area contributed by atoms with Gasteiger partial charge in [0.05, 0.1) is 5.02 Å². The summed E-state index contributed by atoms with van der Waals surface area (Å²) < 4.78 is 5.60. The molecule has 0 atom stereocenters. The van der Waals surface area contributed by atoms with E-state index in [4.69, 9.17) is 28.2 Å². The van der Waals surface area contributed by atoms with Gasteiger partial charge in [0.15, 0.2) is 10.9 Å². The van der Waals surface area contributed by atoms with Gasteiger partial charge in [0.1, 0.15) is 5.76 Å². The molecule has 2 aromatic carbocycles. The van der Waals surface area contributed by atoms with Crippen LogP contribution in [0.2, 0.25) is 5.02 Å². The molecule has 0 bridgehead atoms. The number of furan rings is 1. The number of anilines is 1. The van der Waals surface area contributed by atoms with Gasteiger partial charge >= 0.3 is 5.91 Å². The van der Waals surface area contributed by atoms with Crippen molar-refractivity contribution in [1.82, 2.24) is 10.9 Å². The lowest BCUT2D eigenvalue weighted by Crippen LogP contribution is -2.43. The van der Waals surface area contributed by atoms with Gasteiger partial charge in [0.25, 0.3) is 0 Å². The summed E-state index contributed by atoms with van der Waals surface area (Å²) in [4.78, 5) is 12.3. The van der Waals surface area contributed by atoms with E-state index in [-0.39, 0.29) is 10.9 Å². The van der Waals surface area contributed by atoms with Gasteiger partial charge < -0.3 is 9.73 Å². The molecular weight excluding hydrogens is 394 g/mol. The second-order valence-corrected chi connectivity index (χ2v) is 7.27. The van der Waals surface area contributed by atoms with Gasteiger partial charge in [-0.25, -0.2) is 0 Å². The van der Waals surface area contributed by atoms with Crippen LogP contribution in [-0.4, -0.2) is 11.0 Å². The molecule has 1 aromatic heterocycles. The zero-order valence-electron chi connectivity index (χ0n) is 15.5. The van der Waals surface area contributed by atoms with Crippen LogP contribution in [0.15, 0.2) is 65.1 Å². The Morgan fingerprint density at radius 3 is 2.39 bits per heavy atom. The predicted molar refractivity (Wildman–Crippen MR) is 117 cm³/mol. The lowest BCUT2D eigenvalue weighted by atomic mass is 10.0. The van der Waals surface area contributed by atoms with E-state index in [1.165, 1.54) is 5.56 Å². The Balaban J connectivity index is 1.55. The Morgan fingerprint density at radius 2 is 1.71 bits per heavy atom. The van der Waals surface area contributed by atoms with Crippen molar-refractivity contribution in [2.45, 2.75) is 19.8 Å². The van der Waals surface area contributed by atoms with Gasteiger partial charge in [-0.1, -0.05) is 49.7 Å². The molecule has 7 heteroatoms. The average Bonchev–Trinajstić information content (AvgIpc) is 3.17. The number of halogens is 1. The molecule has 0 aliphatic heterocycles. The van der Waals surface area contributed by atoms with Gasteiger partial charge in [0, 0.05) is 11.3 Å². The first-order chi connectivity index (χ1) is 13.4. The van der Waals surface area contributed by atoms with Crippen molar-refractivity contribution in [3.63, 3.8) is 0 Å². The molecule has 0 fully saturated rings. The number of hydrogen-bond donors (Lipinski definition) is 3. The minimum Gasteiger partial charge on any atom is -0.451 e. The number of hydrazine groups is 1. The maximum Gasteiger partial charge on any atom is 0.305 e. The quantitative estimate of drug-likeness (QED) is 0.397. The summed E-state index contributed by atoms with van der Waals surface area (Å²) in [7, 11) is 0. The first kappa shape index (κ1) is 19.9. The van der Waals surface area contributed by atoms with Gasteiger partial charge in [-0.3, -0.25) is 15.6 Å². The molecule has 0 aliphatic carbocycles. The third-order valence-electron chi connectivity index (χ3n) is 4.09. The first-order valence-electron chi connectivity index (χ1n) is 8.76. The third kappa shape index (κ3) is 4.91. The van der Waals surface area contributed by atoms with Crippen molar-refractivity contribution >= 4 is 40.5 Å². The van der Waals surface area contributed by atoms with Crippen molar-refractivity contribution in [3.8, 4) is 11.3 Å². The molecule has 5 nitrogen and oxygen atoms in total. The molecule has 28 heavy (non-hydrogen) atoms. The van der Waals surface area contributed by atoms with E-state index >= 15 is 0 Å². The number of thiocarbonyl (C=S) groups is 1. The van der Waals surface area contributed by atoms with Gasteiger partial charge in [-0.05, 0) is 60.1 Å². The number of nitrogens with one attached hydrogen (secondary N) is 3. The lowest BCUT2D eigenvalue weighted by Gasteiger charge is -2.12. The van der Waals surface area contributed by atoms with E-state index < -0.39 is 5.91 Å². The Morgan fingerprint density at radius 1 is 1.00 bits per heavy atom. The fraction of sp³-hybridized carbons (Fsp3) is 0.143. The smallest absolute Gasteiger partial charge is 0.305 e. The topological polar surface area (TPSA) is 66.3 Å². The molecule has 0 aliphatic rings. The van der Waals surface area contributed by atoms with E-state index in [1.54, 1.807) is 18.2 Å². The Bertz CT molecular complexity index is 983. The molecule has 0 radical (unpaired) electrons. The van der Waals surface area contributed by atoms with Gasteiger partial charge in [0.2, 0.25) is 0 Å². The van der Waals surface area contributed by atoms with Crippen molar-refractivity contribution in [3.05, 3.63) is 77.0 Å². The highest BCUT2D eigenvalue weighted by Gasteiger charge is 2.14. The van der Waals surface area contributed by atoms with E-state index in [1.807, 2.05) is 42.5 Å². The van der Waals surface area contributed by atoms with Crippen molar-refractivity contribution in [1.29, 1.82) is 0 Å². The van der Waals surface area contributed by atoms with Crippen molar-refractivity contribution in [2.24, 2.45) is 0 Å². The Labute approximate surface area is 174 Å². The normalized spacial score (nSPS) is 10.6.